The predicted molar refractivity (Wildman–Crippen MR) is 234 cm³/mol. The monoisotopic (exact) mass is 722 g/mol. The highest BCUT2D eigenvalue weighted by Gasteiger charge is 2.16. The third-order valence-electron chi connectivity index (χ3n) is 11.1. The Hall–Kier alpha value is -6.46. The van der Waals surface area contributed by atoms with Gasteiger partial charge in [-0.1, -0.05) is 121 Å². The molecular weight excluding hydrogens is 693 g/mol. The Bertz CT molecular complexity index is 3090. The highest BCUT2D eigenvalue weighted by Crippen LogP contribution is 2.44. The summed E-state index contributed by atoms with van der Waals surface area (Å²) >= 11 is 3.79. The van der Waals surface area contributed by atoms with Crippen molar-refractivity contribution >= 4 is 97.2 Å². The van der Waals surface area contributed by atoms with Gasteiger partial charge in [-0.3, -0.25) is 0 Å². The topological polar surface area (TPSA) is 9.86 Å². The lowest BCUT2D eigenvalue weighted by atomic mass is 10.1. The van der Waals surface area contributed by atoms with Crippen LogP contribution in [0.25, 0.3) is 107 Å². The molecule has 0 aliphatic carbocycles. The summed E-state index contributed by atoms with van der Waals surface area (Å²) < 4.78 is 7.46. The molecule has 54 heavy (non-hydrogen) atoms. The third-order valence-corrected chi connectivity index (χ3v) is 13.6. The second-order valence-electron chi connectivity index (χ2n) is 14.1. The van der Waals surface area contributed by atoms with Gasteiger partial charge in [-0.05, 0) is 82.6 Å². The summed E-state index contributed by atoms with van der Waals surface area (Å²) in [5.41, 5.74) is 9.80. The van der Waals surface area contributed by atoms with Crippen molar-refractivity contribution in [3.63, 3.8) is 0 Å². The van der Waals surface area contributed by atoms with Crippen molar-refractivity contribution < 1.29 is 0 Å². The van der Waals surface area contributed by atoms with Crippen LogP contribution in [-0.2, 0) is 0 Å². The first-order valence-electron chi connectivity index (χ1n) is 18.3. The summed E-state index contributed by atoms with van der Waals surface area (Å²) in [7, 11) is 0. The van der Waals surface area contributed by atoms with Crippen LogP contribution < -0.4 is 0 Å². The second-order valence-corrected chi connectivity index (χ2v) is 16.2. The molecule has 0 aliphatic heterocycles. The maximum atomic E-state index is 2.38. The highest BCUT2D eigenvalue weighted by molar-refractivity contribution is 7.24. The molecule has 0 amide bonds. The van der Waals surface area contributed by atoms with Gasteiger partial charge in [-0.15, -0.1) is 22.7 Å². The van der Waals surface area contributed by atoms with Crippen LogP contribution in [0.5, 0.6) is 0 Å². The van der Waals surface area contributed by atoms with Crippen LogP contribution in [0.4, 0.5) is 0 Å². The molecule has 0 radical (unpaired) electrons. The van der Waals surface area contributed by atoms with Crippen molar-refractivity contribution in [2.24, 2.45) is 0 Å². The molecule has 12 aromatic rings. The van der Waals surface area contributed by atoms with Gasteiger partial charge >= 0.3 is 0 Å². The molecule has 0 spiro atoms. The van der Waals surface area contributed by atoms with Crippen molar-refractivity contribution in [2.45, 2.75) is 0 Å². The van der Waals surface area contributed by atoms with E-state index in [0.29, 0.717) is 0 Å². The summed E-state index contributed by atoms with van der Waals surface area (Å²) in [6, 6.07) is 67.0. The molecule has 0 fully saturated rings. The lowest BCUT2D eigenvalue weighted by Crippen LogP contribution is -1.93. The lowest BCUT2D eigenvalue weighted by Gasteiger charge is -2.08. The average molecular weight is 723 g/mol. The molecule has 0 aliphatic rings. The number of thiophene rings is 2. The number of rotatable bonds is 4. The maximum absolute atomic E-state index is 2.38. The molecule has 12 rings (SSSR count). The molecule has 0 N–H and O–H groups in total. The van der Waals surface area contributed by atoms with Crippen LogP contribution in [0.15, 0.2) is 182 Å². The number of hydrogen-bond acceptors (Lipinski definition) is 2. The number of para-hydroxylation sites is 4. The van der Waals surface area contributed by atoms with E-state index in [2.05, 4.69) is 191 Å². The summed E-state index contributed by atoms with van der Waals surface area (Å²) in [5.74, 6) is 0. The fraction of sp³-hybridized carbons (Fsp3) is 0. The number of benzene rings is 8. The molecule has 0 atom stereocenters. The summed E-state index contributed by atoms with van der Waals surface area (Å²) in [6.45, 7) is 0. The van der Waals surface area contributed by atoms with Crippen LogP contribution in [-0.4, -0.2) is 9.13 Å². The zero-order valence-electron chi connectivity index (χ0n) is 29.0. The van der Waals surface area contributed by atoms with Gasteiger partial charge in [-0.2, -0.15) is 0 Å². The second kappa shape index (κ2) is 11.5. The molecule has 0 saturated heterocycles. The number of fused-ring (bicyclic) bond motifs is 11. The van der Waals surface area contributed by atoms with Gasteiger partial charge in [0.25, 0.3) is 0 Å². The van der Waals surface area contributed by atoms with E-state index in [-0.39, 0.29) is 0 Å². The van der Waals surface area contributed by atoms with E-state index in [9.17, 15) is 0 Å². The average Bonchev–Trinajstić information content (AvgIpc) is 4.02. The van der Waals surface area contributed by atoms with Crippen molar-refractivity contribution in [3.8, 4) is 32.3 Å². The van der Waals surface area contributed by atoms with Gasteiger partial charge in [-0.25, -0.2) is 0 Å². The fourth-order valence-corrected chi connectivity index (χ4v) is 11.0. The van der Waals surface area contributed by atoms with E-state index in [0.717, 1.165) is 0 Å². The number of nitrogens with zero attached hydrogens (tertiary/aromatic N) is 2. The molecule has 8 aromatic carbocycles. The Balaban J connectivity index is 0.901. The minimum absolute atomic E-state index is 1.18. The van der Waals surface area contributed by atoms with Gasteiger partial charge < -0.3 is 9.13 Å². The van der Waals surface area contributed by atoms with Crippen LogP contribution >= 0.6 is 22.7 Å². The zero-order valence-corrected chi connectivity index (χ0v) is 30.7. The maximum Gasteiger partial charge on any atom is 0.0541 e. The minimum Gasteiger partial charge on any atom is -0.309 e. The molecule has 0 unspecified atom stereocenters. The van der Waals surface area contributed by atoms with Crippen LogP contribution in [0.3, 0.4) is 0 Å². The largest absolute Gasteiger partial charge is 0.309 e. The van der Waals surface area contributed by atoms with Gasteiger partial charge in [0.1, 0.15) is 0 Å². The molecule has 0 saturated carbocycles. The van der Waals surface area contributed by atoms with Crippen molar-refractivity contribution in [1.82, 2.24) is 9.13 Å². The predicted octanol–water partition coefficient (Wildman–Crippen LogP) is 14.8. The fourth-order valence-electron chi connectivity index (χ4n) is 8.64. The quantitative estimate of drug-likeness (QED) is 0.171. The van der Waals surface area contributed by atoms with E-state index in [1.807, 2.05) is 22.7 Å². The Labute approximate surface area is 319 Å². The third kappa shape index (κ3) is 4.38. The Morgan fingerprint density at radius 1 is 0.296 bits per heavy atom. The van der Waals surface area contributed by atoms with Crippen LogP contribution in [0, 0.1) is 0 Å². The van der Waals surface area contributed by atoms with Gasteiger partial charge in [0.15, 0.2) is 0 Å². The number of aromatic nitrogens is 2. The number of hydrogen-bond donors (Lipinski definition) is 0. The molecule has 252 valence electrons. The summed E-state index contributed by atoms with van der Waals surface area (Å²) in [6.07, 6.45) is 0. The van der Waals surface area contributed by atoms with Gasteiger partial charge in [0.05, 0.1) is 22.1 Å². The van der Waals surface area contributed by atoms with Crippen molar-refractivity contribution in [2.75, 3.05) is 0 Å². The van der Waals surface area contributed by atoms with E-state index in [4.69, 9.17) is 0 Å². The molecule has 2 nitrogen and oxygen atoms in total. The molecular formula is C50H30N2S2. The normalized spacial score (nSPS) is 12.1. The standard InChI is InChI=1S/C50H30N2S2/c1-5-13-43-37(9-1)38-10-2-6-14-44(38)51(43)35-23-17-31(18-24-35)47-29-33-21-27-42-41(49(33)53-47)28-22-34-30-48(54-50(34)42)32-19-25-36(26-20-32)52-45-15-7-3-11-39(45)40-12-4-8-16-46(40)52/h1-30H. The summed E-state index contributed by atoms with van der Waals surface area (Å²) in [5, 5.41) is 10.4. The Kier molecular flexibility index (Phi) is 6.41. The van der Waals surface area contributed by atoms with Crippen molar-refractivity contribution in [3.05, 3.63) is 182 Å². The SMILES string of the molecule is c1ccc2c(c1)c1ccccc1n2-c1ccc(-c2cc3ccc4c(ccc5cc(-c6ccc(-n7c8ccccc8c8ccccc87)cc6)sc54)c3s2)cc1. The van der Waals surface area contributed by atoms with E-state index >= 15 is 0 Å². The molecule has 4 aromatic heterocycles. The van der Waals surface area contributed by atoms with Gasteiger partial charge in [0, 0.05) is 62.8 Å². The highest BCUT2D eigenvalue weighted by atomic mass is 32.1. The first-order valence-corrected chi connectivity index (χ1v) is 20.0. The molecule has 0 bridgehead atoms. The van der Waals surface area contributed by atoms with Crippen LogP contribution in [0.1, 0.15) is 0 Å². The Morgan fingerprint density at radius 3 is 0.981 bits per heavy atom. The molecule has 4 heterocycles. The van der Waals surface area contributed by atoms with E-state index in [1.54, 1.807) is 0 Å². The van der Waals surface area contributed by atoms with Gasteiger partial charge in [0.2, 0.25) is 0 Å². The van der Waals surface area contributed by atoms with E-state index in [1.165, 1.54) is 107 Å². The Morgan fingerprint density at radius 2 is 0.630 bits per heavy atom. The smallest absolute Gasteiger partial charge is 0.0541 e. The van der Waals surface area contributed by atoms with Crippen molar-refractivity contribution in [1.29, 1.82) is 0 Å². The first kappa shape index (κ1) is 30.0. The summed E-state index contributed by atoms with van der Waals surface area (Å²) in [4.78, 5) is 2.59. The minimum atomic E-state index is 1.18. The first-order chi connectivity index (χ1) is 26.8. The zero-order chi connectivity index (χ0) is 35.3. The lowest BCUT2D eigenvalue weighted by molar-refractivity contribution is 1.18. The van der Waals surface area contributed by atoms with E-state index < -0.39 is 0 Å². The molecule has 4 heteroatoms. The van der Waals surface area contributed by atoms with Crippen LogP contribution in [0.2, 0.25) is 0 Å².